The lowest BCUT2D eigenvalue weighted by Crippen LogP contribution is -2.44. The molecule has 1 fully saturated rings. The molecule has 0 heterocycles. The molecule has 0 aromatic rings. The highest BCUT2D eigenvalue weighted by Crippen LogP contribution is 2.47. The van der Waals surface area contributed by atoms with Gasteiger partial charge in [0.1, 0.15) is 13.2 Å². The van der Waals surface area contributed by atoms with Crippen LogP contribution in [0.3, 0.4) is 0 Å². The van der Waals surface area contributed by atoms with Gasteiger partial charge < -0.3 is 14.6 Å². The van der Waals surface area contributed by atoms with E-state index in [9.17, 15) is 14.4 Å². The van der Waals surface area contributed by atoms with Gasteiger partial charge in [-0.25, -0.2) is 0 Å². The van der Waals surface area contributed by atoms with Crippen molar-refractivity contribution >= 4 is 17.9 Å². The topological polar surface area (TPSA) is 89.9 Å². The molecule has 0 bridgehead atoms. The second kappa shape index (κ2) is 9.27. The van der Waals surface area contributed by atoms with Crippen molar-refractivity contribution in [1.82, 2.24) is 0 Å². The largest absolute Gasteiger partial charge is 0.481 e. The smallest absolute Gasteiger partial charge is 0.312 e. The molecule has 28 heavy (non-hydrogen) atoms. The van der Waals surface area contributed by atoms with Crippen LogP contribution in [0.2, 0.25) is 0 Å². The zero-order valence-corrected chi connectivity index (χ0v) is 18.6. The van der Waals surface area contributed by atoms with Crippen LogP contribution in [0, 0.1) is 28.1 Å². The number of esters is 2. The summed E-state index contributed by atoms with van der Waals surface area (Å²) in [5.41, 5.74) is -0.968. The van der Waals surface area contributed by atoms with Crippen LogP contribution in [0.5, 0.6) is 0 Å². The van der Waals surface area contributed by atoms with Crippen LogP contribution in [0.25, 0.3) is 0 Å². The molecule has 0 saturated heterocycles. The maximum atomic E-state index is 12.8. The summed E-state index contributed by atoms with van der Waals surface area (Å²) in [4.78, 5) is 36.1. The minimum atomic E-state index is -0.855. The Balaban J connectivity index is 2.54. The van der Waals surface area contributed by atoms with Crippen LogP contribution >= 0.6 is 0 Å². The van der Waals surface area contributed by atoms with Gasteiger partial charge in [-0.05, 0) is 43.4 Å². The Bertz CT molecular complexity index is 569. The molecule has 0 aromatic heterocycles. The Morgan fingerprint density at radius 3 is 1.93 bits per heavy atom. The molecular formula is C22H38O6. The first-order valence-electron chi connectivity index (χ1n) is 10.2. The van der Waals surface area contributed by atoms with E-state index < -0.39 is 23.3 Å². The third kappa shape index (κ3) is 6.78. The maximum absolute atomic E-state index is 12.8. The molecule has 1 saturated carbocycles. The van der Waals surface area contributed by atoms with Crippen molar-refractivity contribution in [1.29, 1.82) is 0 Å². The lowest BCUT2D eigenvalue weighted by atomic mass is 9.61. The average molecular weight is 399 g/mol. The molecule has 0 amide bonds. The molecule has 3 unspecified atom stereocenters. The summed E-state index contributed by atoms with van der Waals surface area (Å²) >= 11 is 0. The van der Waals surface area contributed by atoms with Crippen molar-refractivity contribution in [2.75, 3.05) is 13.2 Å². The lowest BCUT2D eigenvalue weighted by Gasteiger charge is -2.43. The summed E-state index contributed by atoms with van der Waals surface area (Å²) < 4.78 is 10.7. The Labute approximate surface area is 169 Å². The highest BCUT2D eigenvalue weighted by atomic mass is 16.6. The second-order valence-electron chi connectivity index (χ2n) is 10.5. The van der Waals surface area contributed by atoms with E-state index in [0.717, 1.165) is 0 Å². The van der Waals surface area contributed by atoms with E-state index in [1.807, 2.05) is 27.7 Å². The third-order valence-corrected chi connectivity index (χ3v) is 5.91. The van der Waals surface area contributed by atoms with Crippen molar-refractivity contribution in [2.45, 2.75) is 80.6 Å². The number of hydrogen-bond donors (Lipinski definition) is 1. The highest BCUT2D eigenvalue weighted by molar-refractivity contribution is 5.77. The number of carboxylic acid groups (broad SMARTS) is 1. The molecule has 6 heteroatoms. The number of rotatable bonds is 7. The highest BCUT2D eigenvalue weighted by Gasteiger charge is 2.47. The molecule has 1 aliphatic carbocycles. The summed E-state index contributed by atoms with van der Waals surface area (Å²) in [6.45, 7) is 14.3. The fourth-order valence-electron chi connectivity index (χ4n) is 3.89. The van der Waals surface area contributed by atoms with Gasteiger partial charge in [0.15, 0.2) is 0 Å². The Kier molecular flexibility index (Phi) is 8.10. The first-order chi connectivity index (χ1) is 12.7. The molecule has 0 aliphatic heterocycles. The zero-order valence-electron chi connectivity index (χ0n) is 18.6. The SMILES string of the molecule is CC(C)(C)CC(C)(C(=O)OCCOC(=O)C1CCCC(C(=O)O)C1)C(C)(C)C. The molecule has 1 aliphatic rings. The first kappa shape index (κ1) is 24.4. The van der Waals surface area contributed by atoms with E-state index in [-0.39, 0.29) is 35.9 Å². The number of hydrogen-bond acceptors (Lipinski definition) is 5. The molecule has 0 spiro atoms. The number of carbonyl (C=O) groups is 3. The van der Waals surface area contributed by atoms with E-state index in [0.29, 0.717) is 32.1 Å². The minimum absolute atomic E-state index is 0.00540. The van der Waals surface area contributed by atoms with Gasteiger partial charge in [0.05, 0.1) is 17.3 Å². The van der Waals surface area contributed by atoms with E-state index in [1.54, 1.807) is 0 Å². The van der Waals surface area contributed by atoms with Gasteiger partial charge in [0.2, 0.25) is 0 Å². The van der Waals surface area contributed by atoms with Crippen LogP contribution in [-0.4, -0.2) is 36.2 Å². The number of carbonyl (C=O) groups excluding carboxylic acids is 2. The van der Waals surface area contributed by atoms with Gasteiger partial charge in [0.25, 0.3) is 0 Å². The Morgan fingerprint density at radius 2 is 1.43 bits per heavy atom. The van der Waals surface area contributed by atoms with Crippen molar-refractivity contribution in [2.24, 2.45) is 28.1 Å². The summed E-state index contributed by atoms with van der Waals surface area (Å²) in [6, 6.07) is 0. The van der Waals surface area contributed by atoms with Crippen molar-refractivity contribution in [3.63, 3.8) is 0 Å². The normalized spacial score (nSPS) is 22.8. The first-order valence-corrected chi connectivity index (χ1v) is 10.2. The van der Waals surface area contributed by atoms with Gasteiger partial charge in [0, 0.05) is 0 Å². The van der Waals surface area contributed by atoms with Crippen LogP contribution in [-0.2, 0) is 23.9 Å². The van der Waals surface area contributed by atoms with Gasteiger partial charge in [-0.1, -0.05) is 48.0 Å². The predicted molar refractivity (Wildman–Crippen MR) is 107 cm³/mol. The maximum Gasteiger partial charge on any atom is 0.312 e. The monoisotopic (exact) mass is 398 g/mol. The zero-order chi connectivity index (χ0) is 21.8. The van der Waals surface area contributed by atoms with Crippen molar-refractivity contribution in [3.05, 3.63) is 0 Å². The molecule has 162 valence electrons. The van der Waals surface area contributed by atoms with Gasteiger partial charge in [-0.3, -0.25) is 14.4 Å². The average Bonchev–Trinajstić information content (AvgIpc) is 2.55. The summed E-state index contributed by atoms with van der Waals surface area (Å²) in [6.07, 6.45) is 2.97. The van der Waals surface area contributed by atoms with E-state index in [2.05, 4.69) is 20.8 Å². The Hall–Kier alpha value is -1.59. The van der Waals surface area contributed by atoms with Gasteiger partial charge in [-0.15, -0.1) is 0 Å². The summed E-state index contributed by atoms with van der Waals surface area (Å²) in [5, 5.41) is 9.13. The molecule has 6 nitrogen and oxygen atoms in total. The lowest BCUT2D eigenvalue weighted by molar-refractivity contribution is -0.169. The van der Waals surface area contributed by atoms with Crippen LogP contribution in [0.15, 0.2) is 0 Å². The van der Waals surface area contributed by atoms with Gasteiger partial charge >= 0.3 is 17.9 Å². The van der Waals surface area contributed by atoms with Crippen LogP contribution in [0.1, 0.15) is 80.6 Å². The van der Waals surface area contributed by atoms with Crippen LogP contribution < -0.4 is 0 Å². The Morgan fingerprint density at radius 1 is 0.893 bits per heavy atom. The standard InChI is InChI=1S/C22H38O6/c1-20(2,3)14-22(7,21(4,5)6)19(26)28-12-11-27-18(25)16-10-8-9-15(13-16)17(23)24/h15-16H,8-14H2,1-7H3,(H,23,24). The van der Waals surface area contributed by atoms with Crippen molar-refractivity contribution < 1.29 is 29.0 Å². The molecular weight excluding hydrogens is 360 g/mol. The number of ether oxygens (including phenoxy) is 2. The minimum Gasteiger partial charge on any atom is -0.481 e. The number of aliphatic carboxylic acids is 1. The van der Waals surface area contributed by atoms with Crippen molar-refractivity contribution in [3.8, 4) is 0 Å². The molecule has 1 rings (SSSR count). The predicted octanol–water partition coefficient (Wildman–Crippen LogP) is 4.45. The fourth-order valence-corrected chi connectivity index (χ4v) is 3.89. The summed E-state index contributed by atoms with van der Waals surface area (Å²) in [5.74, 6) is -2.39. The van der Waals surface area contributed by atoms with Gasteiger partial charge in [-0.2, -0.15) is 0 Å². The summed E-state index contributed by atoms with van der Waals surface area (Å²) in [7, 11) is 0. The second-order valence-corrected chi connectivity index (χ2v) is 10.5. The molecule has 0 aromatic carbocycles. The van der Waals surface area contributed by atoms with E-state index >= 15 is 0 Å². The molecule has 1 N–H and O–H groups in total. The van der Waals surface area contributed by atoms with Crippen LogP contribution in [0.4, 0.5) is 0 Å². The van der Waals surface area contributed by atoms with E-state index in [4.69, 9.17) is 14.6 Å². The molecule has 0 radical (unpaired) electrons. The quantitative estimate of drug-likeness (QED) is 0.503. The fraction of sp³-hybridized carbons (Fsp3) is 0.864. The number of carboxylic acids is 1. The van der Waals surface area contributed by atoms with E-state index in [1.165, 1.54) is 0 Å². The molecule has 3 atom stereocenters. The third-order valence-electron chi connectivity index (χ3n) is 5.91.